The van der Waals surface area contributed by atoms with Gasteiger partial charge in [0.1, 0.15) is 12.7 Å². The Balaban J connectivity index is 1.36. The minimum atomic E-state index is 0.0604. The number of hydrogen-bond acceptors (Lipinski definition) is 6. The van der Waals surface area contributed by atoms with Crippen LogP contribution in [-0.4, -0.2) is 60.4 Å². The van der Waals surface area contributed by atoms with Gasteiger partial charge in [0.15, 0.2) is 5.65 Å². The fraction of sp³-hybridized carbons (Fsp3) is 0.348. The molecule has 0 saturated carbocycles. The zero-order valence-corrected chi connectivity index (χ0v) is 18.2. The smallest absolute Gasteiger partial charge is 0.253 e. The number of aryl methyl sites for hydroxylation is 1. The number of aromatic nitrogens is 6. The maximum absolute atomic E-state index is 13.0. The molecule has 1 amide bonds. The van der Waals surface area contributed by atoms with Crippen molar-refractivity contribution in [3.05, 3.63) is 77.3 Å². The Morgan fingerprint density at radius 1 is 1.22 bits per heavy atom. The van der Waals surface area contributed by atoms with E-state index in [1.807, 2.05) is 52.9 Å². The Labute approximate surface area is 185 Å². The first-order chi connectivity index (χ1) is 15.6. The van der Waals surface area contributed by atoms with Gasteiger partial charge in [-0.25, -0.2) is 19.2 Å². The van der Waals surface area contributed by atoms with E-state index in [2.05, 4.69) is 15.1 Å². The summed E-state index contributed by atoms with van der Waals surface area (Å²) in [6.45, 7) is 4.48. The van der Waals surface area contributed by atoms with Crippen molar-refractivity contribution in [2.75, 3.05) is 20.2 Å². The van der Waals surface area contributed by atoms with Gasteiger partial charge < -0.3 is 9.64 Å². The van der Waals surface area contributed by atoms with Gasteiger partial charge in [0.25, 0.3) is 5.91 Å². The molecule has 1 aliphatic rings. The number of carbonyl (C=O) groups is 1. The van der Waals surface area contributed by atoms with Gasteiger partial charge in [0, 0.05) is 43.4 Å². The third-order valence-corrected chi connectivity index (χ3v) is 6.04. The van der Waals surface area contributed by atoms with Crippen molar-refractivity contribution in [1.29, 1.82) is 0 Å². The molecule has 0 unspecified atom stereocenters. The number of carbonyl (C=O) groups excluding carboxylic acids is 1. The number of methoxy groups -OCH3 is 1. The lowest BCUT2D eigenvalue weighted by Gasteiger charge is -2.17. The number of amides is 1. The second kappa shape index (κ2) is 8.51. The molecule has 1 aromatic carbocycles. The molecule has 3 aromatic heterocycles. The van der Waals surface area contributed by atoms with Gasteiger partial charge in [-0.2, -0.15) is 10.2 Å². The van der Waals surface area contributed by atoms with Crippen molar-refractivity contribution in [2.45, 2.75) is 32.4 Å². The van der Waals surface area contributed by atoms with E-state index in [0.29, 0.717) is 25.3 Å². The summed E-state index contributed by atoms with van der Waals surface area (Å²) in [5.74, 6) is 0.265. The van der Waals surface area contributed by atoms with E-state index in [4.69, 9.17) is 9.84 Å². The van der Waals surface area contributed by atoms with Crippen molar-refractivity contribution in [2.24, 2.45) is 0 Å². The molecule has 0 aliphatic carbocycles. The van der Waals surface area contributed by atoms with Crippen LogP contribution in [0.3, 0.4) is 0 Å². The minimum absolute atomic E-state index is 0.0604. The Hall–Kier alpha value is -3.59. The molecule has 0 spiro atoms. The molecular formula is C23H25N7O2. The predicted molar refractivity (Wildman–Crippen MR) is 117 cm³/mol. The number of ether oxygens (including phenoxy) is 1. The van der Waals surface area contributed by atoms with Gasteiger partial charge in [-0.05, 0) is 37.1 Å². The van der Waals surface area contributed by atoms with E-state index in [0.717, 1.165) is 41.1 Å². The van der Waals surface area contributed by atoms with Gasteiger partial charge in [0.05, 0.1) is 24.5 Å². The fourth-order valence-electron chi connectivity index (χ4n) is 4.36. The van der Waals surface area contributed by atoms with Crippen LogP contribution in [0.4, 0.5) is 0 Å². The summed E-state index contributed by atoms with van der Waals surface area (Å²) in [6.07, 6.45) is 5.93. The van der Waals surface area contributed by atoms with Crippen LogP contribution >= 0.6 is 0 Å². The highest BCUT2D eigenvalue weighted by molar-refractivity contribution is 5.94. The molecule has 1 aliphatic heterocycles. The van der Waals surface area contributed by atoms with Gasteiger partial charge in [-0.15, -0.1) is 0 Å². The molecule has 0 N–H and O–H groups in total. The first-order valence-corrected chi connectivity index (χ1v) is 10.7. The third-order valence-electron chi connectivity index (χ3n) is 6.04. The monoisotopic (exact) mass is 431 g/mol. The molecule has 0 bridgehead atoms. The number of likely N-dealkylation sites (tertiary alicyclic amines) is 1. The average Bonchev–Trinajstić information content (AvgIpc) is 3.55. The van der Waals surface area contributed by atoms with Crippen LogP contribution in [0.25, 0.3) is 5.65 Å². The van der Waals surface area contributed by atoms with Crippen LogP contribution in [0.5, 0.6) is 0 Å². The summed E-state index contributed by atoms with van der Waals surface area (Å²) in [5.41, 5.74) is 5.61. The van der Waals surface area contributed by atoms with Crippen molar-refractivity contribution >= 4 is 11.6 Å². The van der Waals surface area contributed by atoms with Crippen LogP contribution in [0.1, 0.15) is 45.2 Å². The Kier molecular flexibility index (Phi) is 5.40. The quantitative estimate of drug-likeness (QED) is 0.466. The molecule has 9 nitrogen and oxygen atoms in total. The summed E-state index contributed by atoms with van der Waals surface area (Å²) in [6, 6.07) is 9.65. The maximum atomic E-state index is 13.0. The Morgan fingerprint density at radius 2 is 2.06 bits per heavy atom. The van der Waals surface area contributed by atoms with Crippen LogP contribution in [0.2, 0.25) is 0 Å². The zero-order valence-electron chi connectivity index (χ0n) is 18.2. The molecule has 4 heterocycles. The topological polar surface area (TPSA) is 90.4 Å². The van der Waals surface area contributed by atoms with Crippen LogP contribution in [0, 0.1) is 6.92 Å². The molecule has 1 fully saturated rings. The predicted octanol–water partition coefficient (Wildman–Crippen LogP) is 2.45. The second-order valence-corrected chi connectivity index (χ2v) is 8.13. The van der Waals surface area contributed by atoms with Crippen molar-refractivity contribution < 1.29 is 9.53 Å². The van der Waals surface area contributed by atoms with E-state index in [1.54, 1.807) is 18.1 Å². The van der Waals surface area contributed by atoms with E-state index >= 15 is 0 Å². The normalized spacial score (nSPS) is 16.2. The maximum Gasteiger partial charge on any atom is 0.253 e. The number of nitrogens with zero attached hydrogens (tertiary/aromatic N) is 7. The molecule has 5 rings (SSSR count). The second-order valence-electron chi connectivity index (χ2n) is 8.13. The number of fused-ring (bicyclic) bond motifs is 1. The zero-order chi connectivity index (χ0) is 22.1. The van der Waals surface area contributed by atoms with Crippen molar-refractivity contribution in [1.82, 2.24) is 34.3 Å². The molecule has 1 saturated heterocycles. The average molecular weight is 432 g/mol. The van der Waals surface area contributed by atoms with E-state index < -0.39 is 0 Å². The van der Waals surface area contributed by atoms with Gasteiger partial charge in [0.2, 0.25) is 0 Å². The van der Waals surface area contributed by atoms with Crippen molar-refractivity contribution in [3.63, 3.8) is 0 Å². The van der Waals surface area contributed by atoms with E-state index in [1.165, 1.54) is 6.33 Å². The standard InChI is InChI=1S/C23H25N7O2/c1-16-20(12-29-15-24-14-26-29)22-25-9-7-21(30(22)27-16)19-8-10-28(11-19)23(31)18-5-3-17(4-6-18)13-32-2/h3-7,9,14-15,19H,8,10-13H2,1-2H3/t19-/m1/s1. The first-order valence-electron chi connectivity index (χ1n) is 10.7. The lowest BCUT2D eigenvalue weighted by molar-refractivity contribution is 0.0790. The Bertz CT molecular complexity index is 1230. The van der Waals surface area contributed by atoms with Gasteiger partial charge in [-0.3, -0.25) is 4.79 Å². The SMILES string of the molecule is COCc1ccc(C(=O)N2CC[C@@H](c3ccnc4c(Cn5cncn5)c(C)nn34)C2)cc1. The fourth-order valence-corrected chi connectivity index (χ4v) is 4.36. The molecular weight excluding hydrogens is 406 g/mol. The first kappa shape index (κ1) is 20.3. The van der Waals surface area contributed by atoms with Crippen molar-refractivity contribution in [3.8, 4) is 0 Å². The molecule has 9 heteroatoms. The summed E-state index contributed by atoms with van der Waals surface area (Å²) in [7, 11) is 1.66. The number of hydrogen-bond donors (Lipinski definition) is 0. The Morgan fingerprint density at radius 3 is 2.81 bits per heavy atom. The summed E-state index contributed by atoms with van der Waals surface area (Å²) in [5, 5.41) is 8.97. The van der Waals surface area contributed by atoms with E-state index in [9.17, 15) is 4.79 Å². The lowest BCUT2D eigenvalue weighted by Crippen LogP contribution is -2.28. The molecule has 32 heavy (non-hydrogen) atoms. The highest BCUT2D eigenvalue weighted by Crippen LogP contribution is 2.29. The summed E-state index contributed by atoms with van der Waals surface area (Å²) >= 11 is 0. The molecule has 164 valence electrons. The number of benzene rings is 1. The summed E-state index contributed by atoms with van der Waals surface area (Å²) in [4.78, 5) is 23.6. The van der Waals surface area contributed by atoms with Gasteiger partial charge >= 0.3 is 0 Å². The third kappa shape index (κ3) is 3.75. The molecule has 1 atom stereocenters. The highest BCUT2D eigenvalue weighted by atomic mass is 16.5. The minimum Gasteiger partial charge on any atom is -0.380 e. The van der Waals surface area contributed by atoms with Gasteiger partial charge in [-0.1, -0.05) is 12.1 Å². The molecule has 4 aromatic rings. The molecule has 0 radical (unpaired) electrons. The summed E-state index contributed by atoms with van der Waals surface area (Å²) < 4.78 is 8.85. The van der Waals surface area contributed by atoms with Crippen LogP contribution in [-0.2, 0) is 17.9 Å². The lowest BCUT2D eigenvalue weighted by atomic mass is 10.0. The largest absolute Gasteiger partial charge is 0.380 e. The highest BCUT2D eigenvalue weighted by Gasteiger charge is 2.30. The van der Waals surface area contributed by atoms with Crippen LogP contribution < -0.4 is 0 Å². The van der Waals surface area contributed by atoms with E-state index in [-0.39, 0.29) is 11.8 Å². The van der Waals surface area contributed by atoms with Crippen LogP contribution in [0.15, 0.2) is 49.2 Å². The number of rotatable bonds is 6.